The van der Waals surface area contributed by atoms with Crippen LogP contribution in [0.1, 0.15) is 32.9 Å². The monoisotopic (exact) mass is 605 g/mol. The molecule has 43 heavy (non-hydrogen) atoms. The van der Waals surface area contributed by atoms with Crippen molar-refractivity contribution >= 4 is 28.1 Å². The van der Waals surface area contributed by atoms with Crippen molar-refractivity contribution in [1.82, 2.24) is 19.4 Å². The van der Waals surface area contributed by atoms with Crippen LogP contribution in [0.5, 0.6) is 0 Å². The highest BCUT2D eigenvalue weighted by Crippen LogP contribution is 2.34. The minimum absolute atomic E-state index is 0.0335. The fourth-order valence-corrected chi connectivity index (χ4v) is 6.03. The number of alkyl halides is 3. The number of benzene rings is 2. The third kappa shape index (κ3) is 6.52. The van der Waals surface area contributed by atoms with Gasteiger partial charge in [-0.05, 0) is 48.9 Å². The Labute approximate surface area is 251 Å². The van der Waals surface area contributed by atoms with Crippen LogP contribution in [0.25, 0.3) is 11.4 Å². The summed E-state index contributed by atoms with van der Waals surface area (Å²) in [6.45, 7) is 6.01. The van der Waals surface area contributed by atoms with Gasteiger partial charge in [-0.2, -0.15) is 13.2 Å². The van der Waals surface area contributed by atoms with Gasteiger partial charge in [-0.15, -0.1) is 11.3 Å². The molecule has 222 valence electrons. The van der Waals surface area contributed by atoms with Crippen molar-refractivity contribution in [3.8, 4) is 11.4 Å². The highest BCUT2D eigenvalue weighted by molar-refractivity contribution is 7.14. The third-order valence-electron chi connectivity index (χ3n) is 7.61. The van der Waals surface area contributed by atoms with Crippen LogP contribution in [0.3, 0.4) is 0 Å². The molecule has 2 aromatic carbocycles. The van der Waals surface area contributed by atoms with Crippen LogP contribution in [-0.2, 0) is 19.3 Å². The summed E-state index contributed by atoms with van der Waals surface area (Å²) in [6.07, 6.45) is -2.83. The molecule has 1 amide bonds. The Morgan fingerprint density at radius 1 is 0.977 bits per heavy atom. The summed E-state index contributed by atoms with van der Waals surface area (Å²) in [5, 5.41) is 5.27. The van der Waals surface area contributed by atoms with Gasteiger partial charge in [-0.3, -0.25) is 9.69 Å². The average molecular weight is 606 g/mol. The predicted octanol–water partition coefficient (Wildman–Crippen LogP) is 7.28. The van der Waals surface area contributed by atoms with E-state index in [0.717, 1.165) is 48.9 Å². The van der Waals surface area contributed by atoms with Crippen LogP contribution in [-0.4, -0.2) is 51.4 Å². The van der Waals surface area contributed by atoms with E-state index in [2.05, 4.69) is 27.3 Å². The highest BCUT2D eigenvalue weighted by atomic mass is 32.1. The molecule has 7 nitrogen and oxygen atoms in total. The van der Waals surface area contributed by atoms with Crippen molar-refractivity contribution in [3.05, 3.63) is 113 Å². The maximum atomic E-state index is 13.8. The van der Waals surface area contributed by atoms with Gasteiger partial charge in [-0.25, -0.2) is 4.98 Å². The minimum Gasteiger partial charge on any atom is -0.467 e. The molecule has 0 aliphatic carbocycles. The van der Waals surface area contributed by atoms with Gasteiger partial charge >= 0.3 is 6.18 Å². The molecule has 3 aromatic heterocycles. The van der Waals surface area contributed by atoms with Crippen LogP contribution in [0, 0.1) is 6.92 Å². The molecule has 0 atom stereocenters. The predicted molar refractivity (Wildman–Crippen MR) is 160 cm³/mol. The van der Waals surface area contributed by atoms with Gasteiger partial charge in [-0.1, -0.05) is 36.4 Å². The second kappa shape index (κ2) is 12.1. The first-order valence-corrected chi connectivity index (χ1v) is 14.8. The first-order valence-electron chi connectivity index (χ1n) is 13.9. The number of amides is 1. The van der Waals surface area contributed by atoms with Crippen LogP contribution in [0.2, 0.25) is 0 Å². The summed E-state index contributed by atoms with van der Waals surface area (Å²) in [6, 6.07) is 20.9. The van der Waals surface area contributed by atoms with E-state index in [9.17, 15) is 18.0 Å². The molecule has 11 heteroatoms. The molecule has 0 unspecified atom stereocenters. The minimum atomic E-state index is -4.44. The molecule has 0 radical (unpaired) electrons. The number of piperazine rings is 1. The number of carbonyl (C=O) groups is 1. The number of anilines is 2. The van der Waals surface area contributed by atoms with E-state index in [-0.39, 0.29) is 5.91 Å². The summed E-state index contributed by atoms with van der Waals surface area (Å²) in [5.41, 5.74) is 3.54. The van der Waals surface area contributed by atoms with Gasteiger partial charge < -0.3 is 19.2 Å². The SMILES string of the molecule is Cc1c(C(=O)N2CCN(Cc3ccccc3)CC2)cc(-c2csc(Nc3cccc(C(F)(F)F)c3)n2)n1Cc1ccco1. The van der Waals surface area contributed by atoms with Gasteiger partial charge in [0.15, 0.2) is 5.13 Å². The maximum absolute atomic E-state index is 13.8. The number of aromatic nitrogens is 2. The Balaban J connectivity index is 1.23. The summed E-state index contributed by atoms with van der Waals surface area (Å²) in [5.74, 6) is 0.694. The lowest BCUT2D eigenvalue weighted by Gasteiger charge is -2.34. The number of rotatable bonds is 8. The molecule has 1 aliphatic heterocycles. The number of hydrogen-bond acceptors (Lipinski definition) is 6. The zero-order valence-corrected chi connectivity index (χ0v) is 24.3. The van der Waals surface area contributed by atoms with E-state index < -0.39 is 11.7 Å². The number of nitrogens with one attached hydrogen (secondary N) is 1. The fraction of sp³-hybridized carbons (Fsp3) is 0.250. The number of halogens is 3. The van der Waals surface area contributed by atoms with Crippen LogP contribution in [0.15, 0.2) is 88.9 Å². The normalized spacial score (nSPS) is 14.3. The van der Waals surface area contributed by atoms with Crippen molar-refractivity contribution in [2.45, 2.75) is 26.2 Å². The third-order valence-corrected chi connectivity index (χ3v) is 8.36. The number of carbonyl (C=O) groups excluding carboxylic acids is 1. The van der Waals surface area contributed by atoms with Gasteiger partial charge in [0, 0.05) is 49.5 Å². The Morgan fingerprint density at radius 2 is 1.77 bits per heavy atom. The molecular formula is C32H30F3N5O2S. The Kier molecular flexibility index (Phi) is 8.09. The molecule has 4 heterocycles. The largest absolute Gasteiger partial charge is 0.467 e. The lowest BCUT2D eigenvalue weighted by molar-refractivity contribution is -0.137. The zero-order valence-electron chi connectivity index (χ0n) is 23.5. The van der Waals surface area contributed by atoms with Crippen LogP contribution < -0.4 is 5.32 Å². The Hall–Kier alpha value is -4.35. The Bertz CT molecular complexity index is 1690. The first-order chi connectivity index (χ1) is 20.7. The van der Waals surface area contributed by atoms with E-state index in [4.69, 9.17) is 4.42 Å². The molecule has 0 spiro atoms. The van der Waals surface area contributed by atoms with E-state index >= 15 is 0 Å². The van der Waals surface area contributed by atoms with E-state index in [1.807, 2.05) is 58.2 Å². The lowest BCUT2D eigenvalue weighted by atomic mass is 10.1. The van der Waals surface area contributed by atoms with Gasteiger partial charge in [0.2, 0.25) is 0 Å². The standard InChI is InChI=1S/C32H30F3N5O2S/c1-22-27(30(41)39-14-12-38(13-15-39)19-23-7-3-2-4-8-23)18-29(40(22)20-26-11-6-16-42-26)28-21-43-31(37-28)36-25-10-5-9-24(17-25)32(33,34)35/h2-11,16-18,21H,12-15,19-20H2,1H3,(H,36,37). The van der Waals surface area contributed by atoms with E-state index in [1.54, 1.807) is 12.3 Å². The van der Waals surface area contributed by atoms with E-state index in [1.165, 1.54) is 23.0 Å². The molecule has 0 saturated carbocycles. The summed E-state index contributed by atoms with van der Waals surface area (Å²) < 4.78 is 47.2. The highest BCUT2D eigenvalue weighted by Gasteiger charge is 2.31. The second-order valence-electron chi connectivity index (χ2n) is 10.5. The molecule has 1 aliphatic rings. The molecule has 0 bridgehead atoms. The quantitative estimate of drug-likeness (QED) is 0.201. The molecule has 1 N–H and O–H groups in total. The number of hydrogen-bond donors (Lipinski definition) is 1. The number of thiazole rings is 1. The Morgan fingerprint density at radius 3 is 2.49 bits per heavy atom. The average Bonchev–Trinajstić information content (AvgIpc) is 3.75. The molecule has 1 saturated heterocycles. The van der Waals surface area contributed by atoms with Gasteiger partial charge in [0.25, 0.3) is 5.91 Å². The van der Waals surface area contributed by atoms with E-state index in [0.29, 0.717) is 41.7 Å². The molecule has 1 fully saturated rings. The lowest BCUT2D eigenvalue weighted by Crippen LogP contribution is -2.48. The summed E-state index contributed by atoms with van der Waals surface area (Å²) in [4.78, 5) is 22.7. The zero-order chi connectivity index (χ0) is 30.0. The fourth-order valence-electron chi connectivity index (χ4n) is 5.30. The topological polar surface area (TPSA) is 66.5 Å². The molecule has 6 rings (SSSR count). The van der Waals surface area contributed by atoms with Crippen molar-refractivity contribution in [3.63, 3.8) is 0 Å². The van der Waals surface area contributed by atoms with Gasteiger partial charge in [0.05, 0.1) is 35.3 Å². The van der Waals surface area contributed by atoms with Crippen molar-refractivity contribution < 1.29 is 22.4 Å². The smallest absolute Gasteiger partial charge is 0.416 e. The molecule has 5 aromatic rings. The van der Waals surface area contributed by atoms with Crippen molar-refractivity contribution in [2.24, 2.45) is 0 Å². The molecular weight excluding hydrogens is 575 g/mol. The van der Waals surface area contributed by atoms with Gasteiger partial charge in [0.1, 0.15) is 5.76 Å². The summed E-state index contributed by atoms with van der Waals surface area (Å²) in [7, 11) is 0. The summed E-state index contributed by atoms with van der Waals surface area (Å²) >= 11 is 1.28. The second-order valence-corrected chi connectivity index (χ2v) is 11.3. The van der Waals surface area contributed by atoms with Crippen molar-refractivity contribution in [2.75, 3.05) is 31.5 Å². The first kappa shape index (κ1) is 28.8. The van der Waals surface area contributed by atoms with Crippen LogP contribution in [0.4, 0.5) is 24.0 Å². The number of furan rings is 1. The number of nitrogens with zero attached hydrogens (tertiary/aromatic N) is 4. The van der Waals surface area contributed by atoms with Crippen molar-refractivity contribution in [1.29, 1.82) is 0 Å². The van der Waals surface area contributed by atoms with Crippen LogP contribution >= 0.6 is 11.3 Å². The maximum Gasteiger partial charge on any atom is 0.416 e.